The van der Waals surface area contributed by atoms with Crippen molar-refractivity contribution in [2.75, 3.05) is 12.4 Å². The van der Waals surface area contributed by atoms with Gasteiger partial charge in [-0.2, -0.15) is 0 Å². The predicted molar refractivity (Wildman–Crippen MR) is 98.2 cm³/mol. The van der Waals surface area contributed by atoms with Crippen molar-refractivity contribution in [1.82, 2.24) is 4.98 Å². The van der Waals surface area contributed by atoms with E-state index in [1.807, 2.05) is 31.2 Å². The topological polar surface area (TPSA) is 71.2 Å². The van der Waals surface area contributed by atoms with Crippen LogP contribution in [0, 0.1) is 6.92 Å². The highest BCUT2D eigenvalue weighted by Crippen LogP contribution is 2.18. The number of carbonyl (C=O) groups excluding carboxylic acids is 1. The second kappa shape index (κ2) is 7.05. The van der Waals surface area contributed by atoms with E-state index in [9.17, 15) is 9.59 Å². The minimum atomic E-state index is -0.468. The highest BCUT2D eigenvalue weighted by Gasteiger charge is 2.12. The van der Waals surface area contributed by atoms with E-state index in [0.717, 1.165) is 11.1 Å². The van der Waals surface area contributed by atoms with Crippen LogP contribution in [-0.2, 0) is 0 Å². The van der Waals surface area contributed by atoms with Gasteiger partial charge in [-0.1, -0.05) is 35.9 Å². The van der Waals surface area contributed by atoms with Crippen molar-refractivity contribution < 1.29 is 9.53 Å². The first-order valence-electron chi connectivity index (χ1n) is 7.82. The van der Waals surface area contributed by atoms with Crippen LogP contribution >= 0.6 is 0 Å². The molecular weight excluding hydrogens is 316 g/mol. The Bertz CT molecular complexity index is 959. The Hall–Kier alpha value is -3.34. The van der Waals surface area contributed by atoms with Gasteiger partial charge in [0.1, 0.15) is 11.3 Å². The lowest BCUT2D eigenvalue weighted by Gasteiger charge is -2.08. The summed E-state index contributed by atoms with van der Waals surface area (Å²) in [7, 11) is 1.55. The SMILES string of the molecule is COc1cccc(NC(=O)c2ccc(-c3ccc(C)cc3)[nH]c2=O)c1. The number of nitrogens with one attached hydrogen (secondary N) is 2. The van der Waals surface area contributed by atoms with Gasteiger partial charge in [0.15, 0.2) is 0 Å². The molecule has 3 aromatic rings. The molecule has 126 valence electrons. The van der Waals surface area contributed by atoms with E-state index < -0.39 is 11.5 Å². The number of ether oxygens (including phenoxy) is 1. The summed E-state index contributed by atoms with van der Waals surface area (Å²) in [6, 6.07) is 18.0. The van der Waals surface area contributed by atoms with Gasteiger partial charge in [-0.15, -0.1) is 0 Å². The number of anilines is 1. The molecule has 0 saturated heterocycles. The molecular formula is C20H18N2O3. The standard InChI is InChI=1S/C20H18N2O3/c1-13-6-8-14(9-7-13)18-11-10-17(20(24)22-18)19(23)21-15-4-3-5-16(12-15)25-2/h3-12H,1-2H3,(H,21,23)(H,22,24). The zero-order valence-electron chi connectivity index (χ0n) is 14.0. The molecule has 0 fully saturated rings. The number of pyridine rings is 1. The highest BCUT2D eigenvalue weighted by molar-refractivity contribution is 6.04. The second-order valence-electron chi connectivity index (χ2n) is 5.67. The summed E-state index contributed by atoms with van der Waals surface area (Å²) in [6.45, 7) is 2.00. The van der Waals surface area contributed by atoms with Crippen LogP contribution in [0.1, 0.15) is 15.9 Å². The Morgan fingerprint density at radius 1 is 1.04 bits per heavy atom. The van der Waals surface area contributed by atoms with Gasteiger partial charge in [-0.05, 0) is 36.8 Å². The van der Waals surface area contributed by atoms with Gasteiger partial charge in [0, 0.05) is 17.4 Å². The summed E-state index contributed by atoms with van der Waals surface area (Å²) in [5, 5.41) is 2.70. The monoisotopic (exact) mass is 334 g/mol. The number of rotatable bonds is 4. The predicted octanol–water partition coefficient (Wildman–Crippen LogP) is 3.61. The largest absolute Gasteiger partial charge is 0.497 e. The van der Waals surface area contributed by atoms with E-state index in [1.165, 1.54) is 6.07 Å². The third-order valence-corrected chi connectivity index (χ3v) is 3.84. The molecule has 1 heterocycles. The Labute approximate surface area is 145 Å². The van der Waals surface area contributed by atoms with Crippen LogP contribution < -0.4 is 15.6 Å². The van der Waals surface area contributed by atoms with E-state index in [1.54, 1.807) is 37.4 Å². The molecule has 5 nitrogen and oxygen atoms in total. The molecule has 2 N–H and O–H groups in total. The maximum Gasteiger partial charge on any atom is 0.261 e. The lowest BCUT2D eigenvalue weighted by atomic mass is 10.1. The third kappa shape index (κ3) is 3.77. The van der Waals surface area contributed by atoms with Crippen LogP contribution in [0.5, 0.6) is 5.75 Å². The molecule has 25 heavy (non-hydrogen) atoms. The van der Waals surface area contributed by atoms with Crippen molar-refractivity contribution in [3.63, 3.8) is 0 Å². The van der Waals surface area contributed by atoms with Crippen molar-refractivity contribution in [3.05, 3.63) is 82.1 Å². The van der Waals surface area contributed by atoms with Crippen molar-refractivity contribution >= 4 is 11.6 Å². The van der Waals surface area contributed by atoms with Crippen LogP contribution in [-0.4, -0.2) is 18.0 Å². The Morgan fingerprint density at radius 2 is 1.80 bits per heavy atom. The van der Waals surface area contributed by atoms with E-state index in [-0.39, 0.29) is 5.56 Å². The smallest absolute Gasteiger partial charge is 0.261 e. The van der Waals surface area contributed by atoms with Crippen LogP contribution in [0.4, 0.5) is 5.69 Å². The minimum Gasteiger partial charge on any atom is -0.497 e. The molecule has 0 bridgehead atoms. The Morgan fingerprint density at radius 3 is 2.48 bits per heavy atom. The van der Waals surface area contributed by atoms with Gasteiger partial charge >= 0.3 is 0 Å². The molecule has 0 atom stereocenters. The normalized spacial score (nSPS) is 10.3. The summed E-state index contributed by atoms with van der Waals surface area (Å²) in [6.07, 6.45) is 0. The molecule has 0 aliphatic heterocycles. The number of benzene rings is 2. The number of aryl methyl sites for hydroxylation is 1. The number of methoxy groups -OCH3 is 1. The second-order valence-corrected chi connectivity index (χ2v) is 5.67. The van der Waals surface area contributed by atoms with E-state index in [4.69, 9.17) is 4.74 Å². The van der Waals surface area contributed by atoms with E-state index in [2.05, 4.69) is 10.3 Å². The maximum atomic E-state index is 12.4. The van der Waals surface area contributed by atoms with Gasteiger partial charge in [0.05, 0.1) is 7.11 Å². The first-order chi connectivity index (χ1) is 12.1. The van der Waals surface area contributed by atoms with E-state index in [0.29, 0.717) is 17.1 Å². The molecule has 0 unspecified atom stereocenters. The summed E-state index contributed by atoms with van der Waals surface area (Å²) in [4.78, 5) is 27.4. The van der Waals surface area contributed by atoms with Crippen LogP contribution in [0.15, 0.2) is 65.5 Å². The van der Waals surface area contributed by atoms with E-state index >= 15 is 0 Å². The summed E-state index contributed by atoms with van der Waals surface area (Å²) >= 11 is 0. The average Bonchev–Trinajstić information content (AvgIpc) is 2.62. The zero-order chi connectivity index (χ0) is 17.8. The number of aromatic amines is 1. The van der Waals surface area contributed by atoms with Crippen molar-refractivity contribution in [2.24, 2.45) is 0 Å². The fraction of sp³-hybridized carbons (Fsp3) is 0.100. The molecule has 0 saturated carbocycles. The highest BCUT2D eigenvalue weighted by atomic mass is 16.5. The Kier molecular flexibility index (Phi) is 4.66. The first-order valence-corrected chi connectivity index (χ1v) is 7.82. The minimum absolute atomic E-state index is 0.0543. The van der Waals surface area contributed by atoms with Gasteiger partial charge in [0.2, 0.25) is 0 Å². The lowest BCUT2D eigenvalue weighted by Crippen LogP contribution is -2.23. The van der Waals surface area contributed by atoms with Crippen LogP contribution in [0.3, 0.4) is 0 Å². The van der Waals surface area contributed by atoms with Gasteiger partial charge in [-0.3, -0.25) is 9.59 Å². The van der Waals surface area contributed by atoms with Crippen LogP contribution in [0.2, 0.25) is 0 Å². The van der Waals surface area contributed by atoms with Crippen molar-refractivity contribution in [3.8, 4) is 17.0 Å². The number of H-pyrrole nitrogens is 1. The molecule has 0 spiro atoms. The van der Waals surface area contributed by atoms with Gasteiger partial charge < -0.3 is 15.0 Å². The van der Waals surface area contributed by atoms with Gasteiger partial charge in [-0.25, -0.2) is 0 Å². The lowest BCUT2D eigenvalue weighted by molar-refractivity contribution is 0.102. The maximum absolute atomic E-state index is 12.4. The fourth-order valence-corrected chi connectivity index (χ4v) is 2.45. The molecule has 1 amide bonds. The molecule has 5 heteroatoms. The summed E-state index contributed by atoms with van der Waals surface area (Å²) in [5.41, 5.74) is 2.88. The van der Waals surface area contributed by atoms with Gasteiger partial charge in [0.25, 0.3) is 11.5 Å². The van der Waals surface area contributed by atoms with Crippen molar-refractivity contribution in [2.45, 2.75) is 6.92 Å². The van der Waals surface area contributed by atoms with Crippen molar-refractivity contribution in [1.29, 1.82) is 0 Å². The molecule has 0 aliphatic rings. The molecule has 2 aromatic carbocycles. The summed E-state index contributed by atoms with van der Waals surface area (Å²) < 4.78 is 5.12. The number of aromatic nitrogens is 1. The third-order valence-electron chi connectivity index (χ3n) is 3.84. The molecule has 1 aromatic heterocycles. The number of hydrogen-bond donors (Lipinski definition) is 2. The zero-order valence-corrected chi connectivity index (χ0v) is 14.0. The van der Waals surface area contributed by atoms with Crippen LogP contribution in [0.25, 0.3) is 11.3 Å². The summed E-state index contributed by atoms with van der Waals surface area (Å²) in [5.74, 6) is 0.159. The number of carbonyl (C=O) groups is 1. The molecule has 0 aliphatic carbocycles. The Balaban J connectivity index is 1.83. The average molecular weight is 334 g/mol. The molecule has 3 rings (SSSR count). The molecule has 0 radical (unpaired) electrons. The quantitative estimate of drug-likeness (QED) is 0.765. The fourth-order valence-electron chi connectivity index (χ4n) is 2.45. The first kappa shape index (κ1) is 16.5. The number of amides is 1. The number of hydrogen-bond acceptors (Lipinski definition) is 3.